The van der Waals surface area contributed by atoms with Gasteiger partial charge in [0.2, 0.25) is 0 Å². The fourth-order valence-electron chi connectivity index (χ4n) is 10.6. The molecule has 0 bridgehead atoms. The second-order valence-corrected chi connectivity index (χ2v) is 18.0. The molecule has 0 N–H and O–H groups in total. The summed E-state index contributed by atoms with van der Waals surface area (Å²) in [7, 11) is 0. The lowest BCUT2D eigenvalue weighted by molar-refractivity contribution is 0.627. The van der Waals surface area contributed by atoms with Crippen LogP contribution in [-0.4, -0.2) is 4.57 Å². The smallest absolute Gasteiger partial charge is 0.159 e. The van der Waals surface area contributed by atoms with E-state index in [-0.39, 0.29) is 28.1 Å². The lowest BCUT2D eigenvalue weighted by Gasteiger charge is -2.26. The maximum atomic E-state index is 14.8. The zero-order valence-electron chi connectivity index (χ0n) is 43.6. The molecule has 0 spiro atoms. The number of para-hydroxylation sites is 4. The highest BCUT2D eigenvalue weighted by Gasteiger charge is 2.24. The minimum Gasteiger partial charge on any atom is -0.454 e. The lowest BCUT2D eigenvalue weighted by atomic mass is 10.0. The Bertz CT molecular complexity index is 4710. The molecule has 0 aliphatic heterocycles. The molecule has 14 aromatic rings. The van der Waals surface area contributed by atoms with Gasteiger partial charge in [-0.3, -0.25) is 0 Å². The Hall–Kier alpha value is -9.20. The molecule has 0 radical (unpaired) electrons. The van der Waals surface area contributed by atoms with Crippen LogP contribution >= 0.6 is 0 Å². The molecular formula is C64H41F2N3O2. The van der Waals surface area contributed by atoms with Gasteiger partial charge in [0, 0.05) is 69.0 Å². The first kappa shape index (κ1) is 35.0. The molecule has 0 saturated heterocycles. The van der Waals surface area contributed by atoms with Gasteiger partial charge in [-0.1, -0.05) is 103 Å². The van der Waals surface area contributed by atoms with Crippen LogP contribution in [0.4, 0.5) is 42.9 Å². The molecule has 3 aromatic heterocycles. The van der Waals surface area contributed by atoms with Gasteiger partial charge in [0.1, 0.15) is 22.8 Å². The number of anilines is 6. The number of furan rings is 2. The van der Waals surface area contributed by atoms with Crippen molar-refractivity contribution >= 4 is 121 Å². The normalized spacial score (nSPS) is 13.5. The Morgan fingerprint density at radius 1 is 0.366 bits per heavy atom. The molecular weight excluding hydrogens is 881 g/mol. The average molecular weight is 928 g/mol. The SMILES string of the molecule is [2H]C([2H])([2H])c1cccc2c1oc1c(N(c3ccc(F)cc3)c3ccc4cc5c6ccc(N(c7ccc(F)cc7)c7cccc8c7oc7c(C([2H])([2H])[2H])cccc78)cc6n(-c6ccc7ccccc7c6)c5cc4c3)cccc12. The van der Waals surface area contributed by atoms with Gasteiger partial charge in [-0.15, -0.1) is 0 Å². The van der Waals surface area contributed by atoms with Gasteiger partial charge in [0.25, 0.3) is 0 Å². The summed E-state index contributed by atoms with van der Waals surface area (Å²) in [6, 6.07) is 65.9. The zero-order valence-corrected chi connectivity index (χ0v) is 37.6. The van der Waals surface area contributed by atoms with E-state index in [1.807, 2.05) is 82.6 Å². The largest absolute Gasteiger partial charge is 0.454 e. The van der Waals surface area contributed by atoms with Crippen LogP contribution in [0.1, 0.15) is 19.4 Å². The Kier molecular flexibility index (Phi) is 7.72. The molecule has 0 atom stereocenters. The average Bonchev–Trinajstić information content (AvgIpc) is 4.28. The van der Waals surface area contributed by atoms with Crippen LogP contribution in [0.2, 0.25) is 0 Å². The molecule has 14 rings (SSSR count). The van der Waals surface area contributed by atoms with Gasteiger partial charge in [0.15, 0.2) is 11.2 Å². The summed E-state index contributed by atoms with van der Waals surface area (Å²) in [6.45, 7) is -4.83. The first-order valence-corrected chi connectivity index (χ1v) is 23.3. The van der Waals surface area contributed by atoms with Gasteiger partial charge in [-0.25, -0.2) is 8.78 Å². The van der Waals surface area contributed by atoms with Crippen LogP contribution in [0.15, 0.2) is 221 Å². The highest BCUT2D eigenvalue weighted by molar-refractivity contribution is 6.16. The molecule has 3 heterocycles. The van der Waals surface area contributed by atoms with Crippen molar-refractivity contribution in [2.24, 2.45) is 0 Å². The van der Waals surface area contributed by atoms with Crippen LogP contribution in [0, 0.1) is 25.3 Å². The summed E-state index contributed by atoms with van der Waals surface area (Å²) >= 11 is 0. The minimum atomic E-state index is -2.42. The third-order valence-corrected chi connectivity index (χ3v) is 13.9. The van der Waals surface area contributed by atoms with E-state index in [1.54, 1.807) is 48.5 Å². The van der Waals surface area contributed by atoms with Crippen molar-refractivity contribution in [3.63, 3.8) is 0 Å². The third-order valence-electron chi connectivity index (χ3n) is 13.9. The van der Waals surface area contributed by atoms with Crippen molar-refractivity contribution in [2.75, 3.05) is 9.80 Å². The fraction of sp³-hybridized carbons (Fsp3) is 0.0312. The number of benzene rings is 11. The van der Waals surface area contributed by atoms with E-state index < -0.39 is 19.5 Å². The molecule has 0 aliphatic rings. The number of hydrogen-bond donors (Lipinski definition) is 0. The topological polar surface area (TPSA) is 37.7 Å². The summed E-state index contributed by atoms with van der Waals surface area (Å²) in [5.41, 5.74) is 8.59. The van der Waals surface area contributed by atoms with Crippen molar-refractivity contribution in [1.29, 1.82) is 0 Å². The molecule has 0 saturated carbocycles. The molecule has 11 aromatic carbocycles. The number of fused-ring (bicyclic) bond motifs is 11. The highest BCUT2D eigenvalue weighted by atomic mass is 19.1. The number of hydrogen-bond acceptors (Lipinski definition) is 4. The van der Waals surface area contributed by atoms with Crippen molar-refractivity contribution in [2.45, 2.75) is 13.7 Å². The quantitative estimate of drug-likeness (QED) is 0.160. The van der Waals surface area contributed by atoms with Crippen LogP contribution in [0.25, 0.3) is 92.9 Å². The first-order chi connectivity index (χ1) is 37.2. The Balaban J connectivity index is 1.00. The number of halogens is 2. The van der Waals surface area contributed by atoms with E-state index in [0.29, 0.717) is 44.7 Å². The summed E-state index contributed by atoms with van der Waals surface area (Å²) in [4.78, 5) is 4.02. The molecule has 7 heteroatoms. The van der Waals surface area contributed by atoms with Gasteiger partial charge in [-0.2, -0.15) is 0 Å². The van der Waals surface area contributed by atoms with Crippen molar-refractivity contribution < 1.29 is 25.8 Å². The molecule has 338 valence electrons. The van der Waals surface area contributed by atoms with Gasteiger partial charge in [-0.05, 0) is 156 Å². The summed E-state index contributed by atoms with van der Waals surface area (Å²) in [5, 5.41) is 8.83. The highest BCUT2D eigenvalue weighted by Crippen LogP contribution is 2.47. The lowest BCUT2D eigenvalue weighted by Crippen LogP contribution is -2.10. The summed E-state index contributed by atoms with van der Waals surface area (Å²) in [5.74, 6) is -0.780. The van der Waals surface area contributed by atoms with Gasteiger partial charge >= 0.3 is 0 Å². The monoisotopic (exact) mass is 927 g/mol. The van der Waals surface area contributed by atoms with Gasteiger partial charge < -0.3 is 23.2 Å². The number of rotatable bonds is 7. The number of aryl methyl sites for hydroxylation is 2. The molecule has 0 unspecified atom stereocenters. The maximum Gasteiger partial charge on any atom is 0.159 e. The van der Waals surface area contributed by atoms with E-state index in [0.717, 1.165) is 71.2 Å². The standard InChI is InChI=1S/C64H41F2N3O2/c1-38-9-5-13-52-54-15-7-17-57(63(54)70-61(38)52)67(46-27-21-44(65)22-28-46)48-26-20-42-35-56-51-32-31-50(37-60(51)69(59(56)36-43(42)34-48)49-25-19-40-11-3-4-12-41(40)33-49)68(47-29-23-45(66)24-30-47)58-18-8-16-55-53-14-6-10-39(2)62(53)71-64(55)58/h3-37H,1-2H3/i1D3,2D3. The number of aromatic nitrogens is 1. The summed E-state index contributed by atoms with van der Waals surface area (Å²) in [6.07, 6.45) is 0. The van der Waals surface area contributed by atoms with Crippen LogP contribution in [0.5, 0.6) is 0 Å². The third kappa shape index (κ3) is 6.43. The van der Waals surface area contributed by atoms with E-state index in [2.05, 4.69) is 71.3 Å². The Morgan fingerprint density at radius 3 is 1.46 bits per heavy atom. The summed E-state index contributed by atoms with van der Waals surface area (Å²) < 4.78 is 94.8. The van der Waals surface area contributed by atoms with Crippen molar-refractivity contribution in [3.05, 3.63) is 235 Å². The Morgan fingerprint density at radius 2 is 0.859 bits per heavy atom. The first-order valence-electron chi connectivity index (χ1n) is 26.3. The van der Waals surface area contributed by atoms with Crippen LogP contribution < -0.4 is 9.80 Å². The molecule has 5 nitrogen and oxygen atoms in total. The van der Waals surface area contributed by atoms with Gasteiger partial charge in [0.05, 0.1) is 22.4 Å². The molecule has 71 heavy (non-hydrogen) atoms. The molecule has 0 fully saturated rings. The van der Waals surface area contributed by atoms with E-state index in [9.17, 15) is 8.78 Å². The predicted octanol–water partition coefficient (Wildman–Crippen LogP) is 18.7. The molecule has 0 amide bonds. The zero-order chi connectivity index (χ0) is 52.5. The second-order valence-electron chi connectivity index (χ2n) is 18.0. The van der Waals surface area contributed by atoms with Crippen LogP contribution in [-0.2, 0) is 0 Å². The van der Waals surface area contributed by atoms with E-state index in [4.69, 9.17) is 17.1 Å². The van der Waals surface area contributed by atoms with Crippen molar-refractivity contribution in [3.8, 4) is 5.69 Å². The minimum absolute atomic E-state index is 0.115. The number of nitrogens with zero attached hydrogens (tertiary/aromatic N) is 3. The second kappa shape index (κ2) is 15.7. The van der Waals surface area contributed by atoms with Crippen LogP contribution in [0.3, 0.4) is 0 Å². The Labute approximate surface area is 414 Å². The molecule has 0 aliphatic carbocycles. The maximum absolute atomic E-state index is 14.8. The van der Waals surface area contributed by atoms with E-state index >= 15 is 0 Å². The van der Waals surface area contributed by atoms with E-state index in [1.165, 1.54) is 24.3 Å². The fourth-order valence-corrected chi connectivity index (χ4v) is 10.6. The predicted molar refractivity (Wildman–Crippen MR) is 289 cm³/mol. The van der Waals surface area contributed by atoms with Crippen molar-refractivity contribution in [1.82, 2.24) is 4.57 Å².